The highest BCUT2D eigenvalue weighted by atomic mass is 35.5. The van der Waals surface area contributed by atoms with E-state index in [-0.39, 0.29) is 27.2 Å². The van der Waals surface area contributed by atoms with Crippen LogP contribution in [0, 0.1) is 0 Å². The molecular weight excluding hydrogens is 419 g/mol. The van der Waals surface area contributed by atoms with E-state index in [0.717, 1.165) is 9.20 Å². The molecule has 6 nitrogen and oxygen atoms in total. The maximum Gasteiger partial charge on any atom is 0.342 e. The molecule has 0 saturated heterocycles. The number of thioether (sulfide) groups is 1. The van der Waals surface area contributed by atoms with Gasteiger partial charge in [-0.25, -0.2) is 13.2 Å². The van der Waals surface area contributed by atoms with Gasteiger partial charge in [-0.1, -0.05) is 41.4 Å². The number of sulfonamides is 1. The molecule has 2 N–H and O–H groups in total. The van der Waals surface area contributed by atoms with Gasteiger partial charge in [0.25, 0.3) is 0 Å². The molecule has 1 aliphatic rings. The van der Waals surface area contributed by atoms with Gasteiger partial charge >= 0.3 is 5.97 Å². The molecule has 0 bridgehead atoms. The summed E-state index contributed by atoms with van der Waals surface area (Å²) < 4.78 is 26.9. The van der Waals surface area contributed by atoms with E-state index in [1.165, 1.54) is 23.9 Å². The number of rotatable bonds is 5. The predicted octanol–water partition coefficient (Wildman–Crippen LogP) is 3.61. The molecule has 26 heavy (non-hydrogen) atoms. The first-order valence-electron chi connectivity index (χ1n) is 7.49. The highest BCUT2D eigenvalue weighted by Gasteiger charge is 2.43. The molecule has 10 heteroatoms. The standard InChI is InChI=1S/C16H14Cl2N2O4S2/c17-10-8-12(18)14-13(9-10)19-15(16(21)22)20(26(14,23)24)6-7-25-11-4-2-1-3-5-11/h1-5,8-9,15,19H,6-7H2,(H,21,22). The number of halogens is 2. The van der Waals surface area contributed by atoms with E-state index in [4.69, 9.17) is 23.2 Å². The fraction of sp³-hybridized carbons (Fsp3) is 0.188. The molecule has 138 valence electrons. The van der Waals surface area contributed by atoms with Crippen molar-refractivity contribution in [3.8, 4) is 0 Å². The van der Waals surface area contributed by atoms with Crippen LogP contribution in [-0.4, -0.2) is 42.3 Å². The zero-order valence-corrected chi connectivity index (χ0v) is 16.4. The number of carboxylic acids is 1. The van der Waals surface area contributed by atoms with Crippen molar-refractivity contribution in [1.82, 2.24) is 4.31 Å². The molecule has 0 saturated carbocycles. The van der Waals surface area contributed by atoms with Crippen LogP contribution < -0.4 is 5.32 Å². The summed E-state index contributed by atoms with van der Waals surface area (Å²) in [6, 6.07) is 12.1. The number of hydrogen-bond acceptors (Lipinski definition) is 5. The zero-order valence-electron chi connectivity index (χ0n) is 13.2. The summed E-state index contributed by atoms with van der Waals surface area (Å²) in [7, 11) is -4.09. The number of carboxylic acid groups (broad SMARTS) is 1. The monoisotopic (exact) mass is 432 g/mol. The lowest BCUT2D eigenvalue weighted by Gasteiger charge is -2.35. The number of nitrogens with zero attached hydrogens (tertiary/aromatic N) is 1. The van der Waals surface area contributed by atoms with Gasteiger partial charge in [0.15, 0.2) is 6.17 Å². The molecule has 2 aromatic rings. The predicted molar refractivity (Wildman–Crippen MR) is 103 cm³/mol. The van der Waals surface area contributed by atoms with Gasteiger partial charge in [0.05, 0.1) is 10.7 Å². The molecule has 1 aliphatic heterocycles. The number of benzene rings is 2. The zero-order chi connectivity index (χ0) is 18.9. The van der Waals surface area contributed by atoms with Crippen LogP contribution in [0.1, 0.15) is 0 Å². The second-order valence-electron chi connectivity index (χ2n) is 5.43. The third-order valence-electron chi connectivity index (χ3n) is 3.71. The van der Waals surface area contributed by atoms with E-state index in [1.54, 1.807) is 0 Å². The van der Waals surface area contributed by atoms with Gasteiger partial charge in [-0.15, -0.1) is 11.8 Å². The Bertz CT molecular complexity index is 939. The minimum Gasteiger partial charge on any atom is -0.479 e. The van der Waals surface area contributed by atoms with Crippen molar-refractivity contribution >= 4 is 56.6 Å². The maximum absolute atomic E-state index is 13.0. The Balaban J connectivity index is 1.90. The van der Waals surface area contributed by atoms with Crippen LogP contribution in [0.15, 0.2) is 52.3 Å². The van der Waals surface area contributed by atoms with Crippen LogP contribution in [0.4, 0.5) is 5.69 Å². The first-order chi connectivity index (χ1) is 12.3. The second-order valence-corrected chi connectivity index (χ2v) is 9.27. The molecule has 3 rings (SSSR count). The third kappa shape index (κ3) is 3.79. The fourth-order valence-corrected chi connectivity index (χ4v) is 6.07. The highest BCUT2D eigenvalue weighted by molar-refractivity contribution is 7.99. The van der Waals surface area contributed by atoms with Gasteiger partial charge < -0.3 is 10.4 Å². The van der Waals surface area contributed by atoms with Crippen LogP contribution >= 0.6 is 35.0 Å². The summed E-state index contributed by atoms with van der Waals surface area (Å²) in [6.45, 7) is 0.00422. The van der Waals surface area contributed by atoms with Crippen molar-refractivity contribution in [3.63, 3.8) is 0 Å². The molecule has 2 aromatic carbocycles. The topological polar surface area (TPSA) is 86.7 Å². The molecule has 1 unspecified atom stereocenters. The summed E-state index contributed by atoms with van der Waals surface area (Å²) in [4.78, 5) is 12.4. The van der Waals surface area contributed by atoms with E-state index in [0.29, 0.717) is 5.75 Å². The first kappa shape index (κ1) is 19.3. The summed E-state index contributed by atoms with van der Waals surface area (Å²) in [5.41, 5.74) is 0.0851. The molecule has 0 fully saturated rings. The highest BCUT2D eigenvalue weighted by Crippen LogP contribution is 2.39. The van der Waals surface area contributed by atoms with E-state index >= 15 is 0 Å². The van der Waals surface area contributed by atoms with Gasteiger partial charge in [0, 0.05) is 22.2 Å². The van der Waals surface area contributed by atoms with E-state index in [9.17, 15) is 18.3 Å². The lowest BCUT2D eigenvalue weighted by Crippen LogP contribution is -2.53. The normalized spacial score (nSPS) is 18.8. The summed E-state index contributed by atoms with van der Waals surface area (Å²) in [5, 5.41) is 12.3. The molecule has 0 radical (unpaired) electrons. The Kier molecular flexibility index (Phi) is 5.69. The van der Waals surface area contributed by atoms with Crippen molar-refractivity contribution in [1.29, 1.82) is 0 Å². The van der Waals surface area contributed by atoms with Crippen molar-refractivity contribution < 1.29 is 18.3 Å². The van der Waals surface area contributed by atoms with Gasteiger partial charge in [-0.2, -0.15) is 4.31 Å². The number of hydrogen-bond donors (Lipinski definition) is 2. The average molecular weight is 433 g/mol. The van der Waals surface area contributed by atoms with Crippen molar-refractivity contribution in [2.75, 3.05) is 17.6 Å². The Morgan fingerprint density at radius 2 is 1.92 bits per heavy atom. The molecule has 1 atom stereocenters. The Morgan fingerprint density at radius 3 is 2.58 bits per heavy atom. The molecular formula is C16H14Cl2N2O4S2. The van der Waals surface area contributed by atoms with Crippen LogP contribution in [0.5, 0.6) is 0 Å². The maximum atomic E-state index is 13.0. The lowest BCUT2D eigenvalue weighted by atomic mass is 10.3. The van der Waals surface area contributed by atoms with Crippen molar-refractivity contribution in [2.24, 2.45) is 0 Å². The average Bonchev–Trinajstić information content (AvgIpc) is 2.56. The largest absolute Gasteiger partial charge is 0.479 e. The van der Waals surface area contributed by atoms with Crippen LogP contribution in [-0.2, 0) is 14.8 Å². The van der Waals surface area contributed by atoms with E-state index in [1.807, 2.05) is 30.3 Å². The van der Waals surface area contributed by atoms with Gasteiger partial charge in [-0.3, -0.25) is 0 Å². The Labute approximate surface area is 165 Å². The van der Waals surface area contributed by atoms with Crippen molar-refractivity contribution in [3.05, 3.63) is 52.5 Å². The summed E-state index contributed by atoms with van der Waals surface area (Å²) in [6.07, 6.45) is -1.43. The molecule has 0 aromatic heterocycles. The Hall–Kier alpha value is -1.45. The van der Waals surface area contributed by atoms with Crippen molar-refractivity contribution in [2.45, 2.75) is 16.0 Å². The number of anilines is 1. The van der Waals surface area contributed by atoms with E-state index < -0.39 is 22.2 Å². The lowest BCUT2D eigenvalue weighted by molar-refractivity contribution is -0.140. The number of fused-ring (bicyclic) bond motifs is 1. The third-order valence-corrected chi connectivity index (χ3v) is 7.30. The minimum atomic E-state index is -4.09. The minimum absolute atomic E-state index is 0.00422. The van der Waals surface area contributed by atoms with Crippen LogP contribution in [0.3, 0.4) is 0 Å². The number of carbonyl (C=O) groups is 1. The van der Waals surface area contributed by atoms with Gasteiger partial charge in [0.1, 0.15) is 4.90 Å². The summed E-state index contributed by atoms with van der Waals surface area (Å²) in [5.74, 6) is -0.921. The van der Waals surface area contributed by atoms with Crippen LogP contribution in [0.25, 0.3) is 0 Å². The smallest absolute Gasteiger partial charge is 0.342 e. The quantitative estimate of drug-likeness (QED) is 0.701. The Morgan fingerprint density at radius 1 is 1.23 bits per heavy atom. The molecule has 0 amide bonds. The second kappa shape index (κ2) is 7.66. The summed E-state index contributed by atoms with van der Waals surface area (Å²) >= 11 is 13.4. The van der Waals surface area contributed by atoms with Crippen LogP contribution in [0.2, 0.25) is 10.0 Å². The van der Waals surface area contributed by atoms with E-state index in [2.05, 4.69) is 5.32 Å². The first-order valence-corrected chi connectivity index (χ1v) is 10.7. The molecule has 0 spiro atoms. The fourth-order valence-electron chi connectivity index (χ4n) is 2.61. The number of aliphatic carboxylic acids is 1. The number of nitrogens with one attached hydrogen (secondary N) is 1. The molecule has 1 heterocycles. The molecule has 0 aliphatic carbocycles. The SMILES string of the molecule is O=C(O)C1Nc2cc(Cl)cc(Cl)c2S(=O)(=O)N1CCSc1ccccc1. The van der Waals surface area contributed by atoms with Gasteiger partial charge in [-0.05, 0) is 24.3 Å². The van der Waals surface area contributed by atoms with Gasteiger partial charge in [0.2, 0.25) is 10.0 Å².